The van der Waals surface area contributed by atoms with Gasteiger partial charge in [-0.15, -0.1) is 11.3 Å². The second kappa shape index (κ2) is 3.32. The fourth-order valence-corrected chi connectivity index (χ4v) is 2.02. The van der Waals surface area contributed by atoms with Crippen LogP contribution in [0.5, 0.6) is 0 Å². The highest BCUT2D eigenvalue weighted by Crippen LogP contribution is 2.19. The average Bonchev–Trinajstić information content (AvgIpc) is 2.17. The van der Waals surface area contributed by atoms with Gasteiger partial charge in [0.15, 0.2) is 0 Å². The summed E-state index contributed by atoms with van der Waals surface area (Å²) in [6, 6.07) is 0. The van der Waals surface area contributed by atoms with Crippen LogP contribution in [-0.4, -0.2) is 4.98 Å². The molecule has 0 N–H and O–H groups in total. The molecule has 50 valence electrons. The molecule has 0 saturated heterocycles. The highest BCUT2D eigenvalue weighted by atomic mass is 79.9. The molecule has 0 saturated carbocycles. The van der Waals surface area contributed by atoms with Crippen molar-refractivity contribution in [3.05, 3.63) is 15.0 Å². The van der Waals surface area contributed by atoms with E-state index in [0.717, 1.165) is 10.2 Å². The number of aryl methyl sites for hydroxylation is 1. The molecule has 0 amide bonds. The first kappa shape index (κ1) is 7.22. The second-order valence-corrected chi connectivity index (χ2v) is 4.30. The topological polar surface area (TPSA) is 12.9 Å². The molecule has 0 aliphatic carbocycles. The van der Waals surface area contributed by atoms with E-state index in [0.29, 0.717) is 0 Å². The average molecular weight is 206 g/mol. The number of halogens is 1. The number of rotatable bonds is 2. The van der Waals surface area contributed by atoms with Gasteiger partial charge in [-0.05, 0) is 28.8 Å². The van der Waals surface area contributed by atoms with Crippen LogP contribution in [0.15, 0.2) is 9.98 Å². The van der Waals surface area contributed by atoms with E-state index in [4.69, 9.17) is 0 Å². The minimum absolute atomic E-state index is 1.11. The molecular formula is C6H8BrNS. The van der Waals surface area contributed by atoms with Gasteiger partial charge < -0.3 is 0 Å². The summed E-state index contributed by atoms with van der Waals surface area (Å²) in [5, 5.41) is 1.23. The molecule has 1 heterocycles. The zero-order valence-corrected chi connectivity index (χ0v) is 7.63. The van der Waals surface area contributed by atoms with Gasteiger partial charge in [0.05, 0.1) is 15.0 Å². The molecule has 0 spiro atoms. The van der Waals surface area contributed by atoms with Crippen LogP contribution in [0.25, 0.3) is 0 Å². The van der Waals surface area contributed by atoms with Crippen molar-refractivity contribution in [3.8, 4) is 0 Å². The maximum absolute atomic E-state index is 4.18. The Morgan fingerprint density at radius 1 is 1.78 bits per heavy atom. The maximum Gasteiger partial charge on any atom is 0.0936 e. The number of thiazole rings is 1. The summed E-state index contributed by atoms with van der Waals surface area (Å²) in [5.74, 6) is 0. The Balaban J connectivity index is 2.61. The van der Waals surface area contributed by atoms with Gasteiger partial charge in [0.2, 0.25) is 0 Å². The molecule has 3 heteroatoms. The molecule has 0 aromatic carbocycles. The summed E-state index contributed by atoms with van der Waals surface area (Å²) in [4.78, 5) is 4.18. The van der Waals surface area contributed by atoms with E-state index >= 15 is 0 Å². The van der Waals surface area contributed by atoms with Crippen LogP contribution < -0.4 is 0 Å². The van der Waals surface area contributed by atoms with Crippen LogP contribution >= 0.6 is 27.3 Å². The third-order valence-electron chi connectivity index (χ3n) is 0.989. The Kier molecular flexibility index (Phi) is 2.66. The van der Waals surface area contributed by atoms with Crippen LogP contribution in [0.2, 0.25) is 0 Å². The van der Waals surface area contributed by atoms with Gasteiger partial charge >= 0.3 is 0 Å². The Bertz CT molecular complexity index is 185. The van der Waals surface area contributed by atoms with E-state index in [-0.39, 0.29) is 0 Å². The summed E-state index contributed by atoms with van der Waals surface area (Å²) in [6.45, 7) is 2.16. The summed E-state index contributed by atoms with van der Waals surface area (Å²) in [5.41, 5.74) is 0. The van der Waals surface area contributed by atoms with E-state index in [2.05, 4.69) is 27.8 Å². The molecule has 1 rings (SSSR count). The second-order valence-electron chi connectivity index (χ2n) is 1.81. The molecule has 1 nitrogen and oxygen atoms in total. The van der Waals surface area contributed by atoms with Crippen LogP contribution in [0.1, 0.15) is 18.4 Å². The Morgan fingerprint density at radius 3 is 3.00 bits per heavy atom. The highest BCUT2D eigenvalue weighted by Gasteiger charge is 1.95. The monoisotopic (exact) mass is 205 g/mol. The molecule has 0 fully saturated rings. The van der Waals surface area contributed by atoms with Crippen molar-refractivity contribution in [2.24, 2.45) is 0 Å². The van der Waals surface area contributed by atoms with Gasteiger partial charge in [0.1, 0.15) is 0 Å². The lowest BCUT2D eigenvalue weighted by Crippen LogP contribution is -1.76. The lowest BCUT2D eigenvalue weighted by molar-refractivity contribution is 0.909. The Labute approximate surface area is 67.3 Å². The van der Waals surface area contributed by atoms with Crippen molar-refractivity contribution < 1.29 is 0 Å². The van der Waals surface area contributed by atoms with Gasteiger partial charge in [-0.2, -0.15) is 0 Å². The zero-order chi connectivity index (χ0) is 6.69. The Morgan fingerprint density at radius 2 is 2.56 bits per heavy atom. The lowest BCUT2D eigenvalue weighted by Gasteiger charge is -1.84. The molecule has 1 aromatic rings. The fraction of sp³-hybridized carbons (Fsp3) is 0.500. The van der Waals surface area contributed by atoms with Crippen molar-refractivity contribution in [2.75, 3.05) is 0 Å². The molecule has 9 heavy (non-hydrogen) atoms. The largest absolute Gasteiger partial charge is 0.248 e. The number of nitrogens with zero attached hydrogens (tertiary/aromatic N) is 1. The van der Waals surface area contributed by atoms with Crippen LogP contribution in [0, 0.1) is 0 Å². The highest BCUT2D eigenvalue weighted by molar-refractivity contribution is 9.11. The van der Waals surface area contributed by atoms with E-state index in [1.807, 2.05) is 6.20 Å². The number of aromatic nitrogens is 1. The van der Waals surface area contributed by atoms with Crippen LogP contribution in [-0.2, 0) is 6.42 Å². The van der Waals surface area contributed by atoms with Crippen molar-refractivity contribution >= 4 is 27.3 Å². The SMILES string of the molecule is CCCc1ncc(Br)s1. The van der Waals surface area contributed by atoms with Gasteiger partial charge in [0, 0.05) is 0 Å². The predicted molar refractivity (Wildman–Crippen MR) is 43.8 cm³/mol. The van der Waals surface area contributed by atoms with Crippen molar-refractivity contribution in [3.63, 3.8) is 0 Å². The van der Waals surface area contributed by atoms with Gasteiger partial charge in [-0.3, -0.25) is 0 Å². The van der Waals surface area contributed by atoms with Gasteiger partial charge in [-0.1, -0.05) is 6.92 Å². The quantitative estimate of drug-likeness (QED) is 0.724. The molecule has 0 aliphatic rings. The number of hydrogen-bond acceptors (Lipinski definition) is 2. The predicted octanol–water partition coefficient (Wildman–Crippen LogP) is 2.86. The normalized spacial score (nSPS) is 10.0. The van der Waals surface area contributed by atoms with Crippen LogP contribution in [0.3, 0.4) is 0 Å². The summed E-state index contributed by atoms with van der Waals surface area (Å²) in [6.07, 6.45) is 4.14. The Hall–Kier alpha value is 0.110. The van der Waals surface area contributed by atoms with Gasteiger partial charge in [0.25, 0.3) is 0 Å². The molecular weight excluding hydrogens is 198 g/mol. The molecule has 0 radical (unpaired) electrons. The molecule has 1 aromatic heterocycles. The molecule has 0 bridgehead atoms. The standard InChI is InChI=1S/C6H8BrNS/c1-2-3-6-8-4-5(7)9-6/h4H,2-3H2,1H3. The van der Waals surface area contributed by atoms with Crippen molar-refractivity contribution in [2.45, 2.75) is 19.8 Å². The minimum atomic E-state index is 1.11. The first-order chi connectivity index (χ1) is 4.33. The van der Waals surface area contributed by atoms with E-state index in [9.17, 15) is 0 Å². The van der Waals surface area contributed by atoms with E-state index in [1.54, 1.807) is 11.3 Å². The fourth-order valence-electron chi connectivity index (χ4n) is 0.617. The third-order valence-corrected chi connectivity index (χ3v) is 2.53. The van der Waals surface area contributed by atoms with E-state index in [1.165, 1.54) is 11.4 Å². The van der Waals surface area contributed by atoms with Crippen molar-refractivity contribution in [1.82, 2.24) is 4.98 Å². The van der Waals surface area contributed by atoms with E-state index < -0.39 is 0 Å². The first-order valence-corrected chi connectivity index (χ1v) is 4.54. The summed E-state index contributed by atoms with van der Waals surface area (Å²) >= 11 is 5.08. The molecule has 0 atom stereocenters. The minimum Gasteiger partial charge on any atom is -0.248 e. The maximum atomic E-state index is 4.18. The zero-order valence-electron chi connectivity index (χ0n) is 5.22. The lowest BCUT2D eigenvalue weighted by atomic mass is 10.4. The summed E-state index contributed by atoms with van der Waals surface area (Å²) in [7, 11) is 0. The first-order valence-electron chi connectivity index (χ1n) is 2.93. The molecule has 0 unspecified atom stereocenters. The summed E-state index contributed by atoms with van der Waals surface area (Å²) < 4.78 is 1.13. The molecule has 0 aliphatic heterocycles. The number of hydrogen-bond donors (Lipinski definition) is 0. The van der Waals surface area contributed by atoms with Crippen molar-refractivity contribution in [1.29, 1.82) is 0 Å². The third kappa shape index (κ3) is 2.06. The smallest absolute Gasteiger partial charge is 0.0936 e. The van der Waals surface area contributed by atoms with Crippen LogP contribution in [0.4, 0.5) is 0 Å². The van der Waals surface area contributed by atoms with Gasteiger partial charge in [-0.25, -0.2) is 4.98 Å².